The number of amides is 1. The molecule has 0 fully saturated rings. The van der Waals surface area contributed by atoms with E-state index in [9.17, 15) is 14.3 Å². The zero-order valence-electron chi connectivity index (χ0n) is 11.4. The highest BCUT2D eigenvalue weighted by molar-refractivity contribution is 5.95. The van der Waals surface area contributed by atoms with E-state index >= 15 is 0 Å². The summed E-state index contributed by atoms with van der Waals surface area (Å²) >= 11 is 0. The molecule has 1 heterocycles. The number of benzene rings is 1. The number of aromatic nitrogens is 1. The van der Waals surface area contributed by atoms with Crippen molar-refractivity contribution >= 4 is 5.91 Å². The molecule has 1 unspecified atom stereocenters. The van der Waals surface area contributed by atoms with E-state index in [0.717, 1.165) is 5.69 Å². The Morgan fingerprint density at radius 3 is 2.55 bits per heavy atom. The molecule has 1 atom stereocenters. The van der Waals surface area contributed by atoms with Crippen LogP contribution in [0.2, 0.25) is 0 Å². The molecule has 20 heavy (non-hydrogen) atoms. The van der Waals surface area contributed by atoms with Crippen LogP contribution in [0.3, 0.4) is 0 Å². The third-order valence-electron chi connectivity index (χ3n) is 3.26. The second-order valence-electron chi connectivity index (χ2n) is 4.98. The van der Waals surface area contributed by atoms with Gasteiger partial charge in [0, 0.05) is 11.9 Å². The van der Waals surface area contributed by atoms with Gasteiger partial charge in [0.25, 0.3) is 5.91 Å². The summed E-state index contributed by atoms with van der Waals surface area (Å²) in [5.74, 6) is -0.623. The van der Waals surface area contributed by atoms with Crippen LogP contribution in [0.25, 0.3) is 0 Å². The zero-order chi connectivity index (χ0) is 14.8. The summed E-state index contributed by atoms with van der Waals surface area (Å²) in [5, 5.41) is 13.0. The van der Waals surface area contributed by atoms with Gasteiger partial charge in [0.05, 0.1) is 12.1 Å². The van der Waals surface area contributed by atoms with Crippen LogP contribution in [0.5, 0.6) is 0 Å². The summed E-state index contributed by atoms with van der Waals surface area (Å²) in [6.07, 6.45) is 1.68. The Bertz CT molecular complexity index is 603. The van der Waals surface area contributed by atoms with Gasteiger partial charge in [-0.05, 0) is 37.6 Å². The number of nitrogens with one attached hydrogen (secondary N) is 2. The van der Waals surface area contributed by atoms with E-state index in [2.05, 4.69) is 10.3 Å². The molecule has 1 amide bonds. The van der Waals surface area contributed by atoms with Crippen LogP contribution in [-0.2, 0) is 5.60 Å². The number of rotatable bonds is 4. The lowest BCUT2D eigenvalue weighted by Gasteiger charge is -2.24. The molecule has 5 heteroatoms. The maximum Gasteiger partial charge on any atom is 0.253 e. The zero-order valence-corrected chi connectivity index (χ0v) is 11.4. The summed E-state index contributed by atoms with van der Waals surface area (Å²) in [6, 6.07) is 7.24. The van der Waals surface area contributed by atoms with E-state index in [0.29, 0.717) is 11.1 Å². The molecule has 2 rings (SSSR count). The smallest absolute Gasteiger partial charge is 0.253 e. The Morgan fingerprint density at radius 2 is 2.00 bits per heavy atom. The number of halogens is 1. The van der Waals surface area contributed by atoms with Gasteiger partial charge in [0.15, 0.2) is 0 Å². The van der Waals surface area contributed by atoms with Crippen molar-refractivity contribution in [2.75, 3.05) is 6.54 Å². The monoisotopic (exact) mass is 276 g/mol. The van der Waals surface area contributed by atoms with Crippen molar-refractivity contribution in [3.63, 3.8) is 0 Å². The minimum absolute atomic E-state index is 0.0437. The summed E-state index contributed by atoms with van der Waals surface area (Å²) in [6.45, 7) is 3.42. The van der Waals surface area contributed by atoms with Gasteiger partial charge < -0.3 is 15.4 Å². The van der Waals surface area contributed by atoms with E-state index in [-0.39, 0.29) is 18.3 Å². The van der Waals surface area contributed by atoms with Gasteiger partial charge in [0.1, 0.15) is 11.4 Å². The summed E-state index contributed by atoms with van der Waals surface area (Å²) in [5.41, 5.74) is 0.599. The molecule has 1 aromatic heterocycles. The average molecular weight is 276 g/mol. The summed E-state index contributed by atoms with van der Waals surface area (Å²) in [4.78, 5) is 14.9. The molecule has 106 valence electrons. The quantitative estimate of drug-likeness (QED) is 0.800. The number of hydrogen-bond donors (Lipinski definition) is 3. The number of carbonyl (C=O) groups is 1. The summed E-state index contributed by atoms with van der Waals surface area (Å²) < 4.78 is 12.9. The fourth-order valence-corrected chi connectivity index (χ4v) is 1.96. The first-order valence-electron chi connectivity index (χ1n) is 6.31. The minimum atomic E-state index is -1.26. The lowest BCUT2D eigenvalue weighted by atomic mass is 9.96. The van der Waals surface area contributed by atoms with Crippen molar-refractivity contribution in [3.8, 4) is 0 Å². The van der Waals surface area contributed by atoms with Crippen LogP contribution < -0.4 is 5.32 Å². The van der Waals surface area contributed by atoms with Crippen molar-refractivity contribution in [1.29, 1.82) is 0 Å². The first-order valence-corrected chi connectivity index (χ1v) is 6.31. The molecule has 3 N–H and O–H groups in total. The van der Waals surface area contributed by atoms with Gasteiger partial charge in [-0.3, -0.25) is 4.79 Å². The fraction of sp³-hybridized carbons (Fsp3) is 0.267. The maximum atomic E-state index is 12.9. The average Bonchev–Trinajstić information content (AvgIpc) is 2.83. The van der Waals surface area contributed by atoms with E-state index in [1.807, 2.05) is 0 Å². The lowest BCUT2D eigenvalue weighted by Crippen LogP contribution is -2.38. The van der Waals surface area contributed by atoms with Gasteiger partial charge in [0.2, 0.25) is 0 Å². The molecule has 0 bridgehead atoms. The molecule has 0 aliphatic carbocycles. The van der Waals surface area contributed by atoms with E-state index in [1.165, 1.54) is 24.3 Å². The second kappa shape index (κ2) is 5.46. The first kappa shape index (κ1) is 14.3. The van der Waals surface area contributed by atoms with Crippen LogP contribution in [0.1, 0.15) is 28.5 Å². The van der Waals surface area contributed by atoms with Gasteiger partial charge in [-0.25, -0.2) is 4.39 Å². The van der Waals surface area contributed by atoms with Crippen LogP contribution in [0, 0.1) is 12.7 Å². The van der Waals surface area contributed by atoms with E-state index < -0.39 is 5.60 Å². The topological polar surface area (TPSA) is 65.1 Å². The number of carbonyl (C=O) groups excluding carboxylic acids is 1. The molecule has 4 nitrogen and oxygen atoms in total. The Morgan fingerprint density at radius 1 is 1.35 bits per heavy atom. The number of hydrogen-bond acceptors (Lipinski definition) is 2. The predicted molar refractivity (Wildman–Crippen MR) is 73.8 cm³/mol. The largest absolute Gasteiger partial charge is 0.384 e. The van der Waals surface area contributed by atoms with Gasteiger partial charge in [-0.2, -0.15) is 0 Å². The van der Waals surface area contributed by atoms with Crippen LogP contribution in [0.4, 0.5) is 4.39 Å². The molecule has 1 aromatic carbocycles. The second-order valence-corrected chi connectivity index (χ2v) is 4.98. The van der Waals surface area contributed by atoms with Crippen molar-refractivity contribution in [3.05, 3.63) is 59.2 Å². The number of H-pyrrole nitrogens is 1. The molecule has 0 spiro atoms. The molecule has 0 saturated carbocycles. The highest BCUT2D eigenvalue weighted by atomic mass is 19.1. The third-order valence-corrected chi connectivity index (χ3v) is 3.26. The molecule has 0 radical (unpaired) electrons. The molecule has 0 aliphatic rings. The molecular weight excluding hydrogens is 259 g/mol. The maximum absolute atomic E-state index is 12.9. The Balaban J connectivity index is 2.04. The van der Waals surface area contributed by atoms with Crippen molar-refractivity contribution < 1.29 is 14.3 Å². The Kier molecular flexibility index (Phi) is 3.90. The highest BCUT2D eigenvalue weighted by Gasteiger charge is 2.24. The number of aromatic amines is 1. The Hall–Kier alpha value is -2.14. The molecule has 2 aromatic rings. The van der Waals surface area contributed by atoms with Crippen LogP contribution in [-0.4, -0.2) is 22.5 Å². The van der Waals surface area contributed by atoms with Gasteiger partial charge >= 0.3 is 0 Å². The van der Waals surface area contributed by atoms with Gasteiger partial charge in [-0.1, -0.05) is 12.1 Å². The fourth-order valence-electron chi connectivity index (χ4n) is 1.96. The summed E-state index contributed by atoms with van der Waals surface area (Å²) in [7, 11) is 0. The molecule has 0 saturated heterocycles. The predicted octanol–water partition coefficient (Wildman–Crippen LogP) is 2.10. The normalized spacial score (nSPS) is 13.8. The SMILES string of the molecule is Cc1[nH]ccc1C(=O)NCC(C)(O)c1ccc(F)cc1. The van der Waals surface area contributed by atoms with Crippen molar-refractivity contribution in [2.24, 2.45) is 0 Å². The number of aliphatic hydroxyl groups is 1. The highest BCUT2D eigenvalue weighted by Crippen LogP contribution is 2.20. The first-order chi connectivity index (χ1) is 9.40. The van der Waals surface area contributed by atoms with Gasteiger partial charge in [-0.15, -0.1) is 0 Å². The standard InChI is InChI=1S/C15H17FN2O2/c1-10-13(7-8-17-10)14(19)18-9-15(2,20)11-3-5-12(16)6-4-11/h3-8,17,20H,9H2,1-2H3,(H,18,19). The van der Waals surface area contributed by atoms with E-state index in [4.69, 9.17) is 0 Å². The Labute approximate surface area is 116 Å². The van der Waals surface area contributed by atoms with E-state index in [1.54, 1.807) is 26.1 Å². The lowest BCUT2D eigenvalue weighted by molar-refractivity contribution is 0.0525. The van der Waals surface area contributed by atoms with Crippen LogP contribution >= 0.6 is 0 Å². The number of aryl methyl sites for hydroxylation is 1. The molecular formula is C15H17FN2O2. The van der Waals surface area contributed by atoms with Crippen molar-refractivity contribution in [2.45, 2.75) is 19.4 Å². The molecule has 0 aliphatic heterocycles. The van der Waals surface area contributed by atoms with Crippen LogP contribution in [0.15, 0.2) is 36.5 Å². The minimum Gasteiger partial charge on any atom is -0.384 e. The third kappa shape index (κ3) is 3.05. The van der Waals surface area contributed by atoms with Crippen molar-refractivity contribution in [1.82, 2.24) is 10.3 Å².